The standard InChI is InChI=1S/C70H136O17P2/c1-8-10-11-12-13-30-37-44-51-67(72)80-57-65(87-70(75)54-47-40-33-26-25-28-35-42-49-62(5)6)59-84-88(76,77)82-55-64(71)56-83-89(78,79)85-60-66(58-81-68(73)52-45-38-31-23-20-19-22-29-36-43-50-63(7)9-2)86-69(74)53-46-39-32-24-18-16-14-15-17-21-27-34-41-48-61(3)4/h61-66,71H,8-60H2,1-7H3,(H,76,77)(H,78,79)/t63?,64-,65+,66+/m0/s1. The fourth-order valence-corrected chi connectivity index (χ4v) is 12.1. The average molecular weight is 1310 g/mol. The van der Waals surface area contributed by atoms with Crippen LogP contribution in [0.5, 0.6) is 0 Å². The highest BCUT2D eigenvalue weighted by molar-refractivity contribution is 7.47. The molecule has 0 bridgehead atoms. The van der Waals surface area contributed by atoms with Crippen molar-refractivity contribution in [2.45, 2.75) is 369 Å². The molecule has 0 rings (SSSR count). The summed E-state index contributed by atoms with van der Waals surface area (Å²) in [5.41, 5.74) is 0. The molecule has 3 N–H and O–H groups in total. The zero-order valence-corrected chi connectivity index (χ0v) is 59.7. The van der Waals surface area contributed by atoms with Gasteiger partial charge in [0.15, 0.2) is 12.2 Å². The topological polar surface area (TPSA) is 237 Å². The largest absolute Gasteiger partial charge is 0.472 e. The maximum absolute atomic E-state index is 13.0. The molecule has 528 valence electrons. The second-order valence-corrected chi connectivity index (χ2v) is 29.4. The third-order valence-electron chi connectivity index (χ3n) is 16.5. The van der Waals surface area contributed by atoms with E-state index < -0.39 is 97.5 Å². The molecule has 0 radical (unpaired) electrons. The second kappa shape index (κ2) is 61.0. The van der Waals surface area contributed by atoms with Gasteiger partial charge in [0.2, 0.25) is 0 Å². The lowest BCUT2D eigenvalue weighted by molar-refractivity contribution is -0.161. The summed E-state index contributed by atoms with van der Waals surface area (Å²) in [5.74, 6) is 0.185. The molecule has 0 spiro atoms. The van der Waals surface area contributed by atoms with Crippen LogP contribution in [0.1, 0.15) is 350 Å². The van der Waals surface area contributed by atoms with Gasteiger partial charge in [0.05, 0.1) is 26.4 Å². The molecule has 0 aromatic carbocycles. The Labute approximate surface area is 543 Å². The van der Waals surface area contributed by atoms with Gasteiger partial charge in [0.25, 0.3) is 0 Å². The predicted molar refractivity (Wildman–Crippen MR) is 358 cm³/mol. The van der Waals surface area contributed by atoms with Crippen molar-refractivity contribution in [2.75, 3.05) is 39.6 Å². The summed E-state index contributed by atoms with van der Waals surface area (Å²) in [4.78, 5) is 72.5. The Morgan fingerprint density at radius 3 is 0.854 bits per heavy atom. The molecule has 0 heterocycles. The lowest BCUT2D eigenvalue weighted by Gasteiger charge is -2.21. The van der Waals surface area contributed by atoms with Gasteiger partial charge < -0.3 is 33.8 Å². The van der Waals surface area contributed by atoms with Crippen LogP contribution in [0.25, 0.3) is 0 Å². The molecule has 0 aromatic rings. The number of hydrogen-bond acceptors (Lipinski definition) is 15. The lowest BCUT2D eigenvalue weighted by atomic mass is 9.99. The first kappa shape index (κ1) is 87.1. The average Bonchev–Trinajstić information content (AvgIpc) is 3.66. The van der Waals surface area contributed by atoms with Gasteiger partial charge in [-0.05, 0) is 43.4 Å². The second-order valence-electron chi connectivity index (χ2n) is 26.5. The Hall–Kier alpha value is -1.94. The SMILES string of the molecule is CCCCCCCCCCC(=O)OC[C@H](COP(=O)(O)OC[C@H](O)COP(=O)(O)OC[C@@H](COC(=O)CCCCCCCCCCCCC(C)CC)OC(=O)CCCCCCCCCCCCCCCC(C)C)OC(=O)CCCCCCCCCCC(C)C. The number of carbonyl (C=O) groups is 4. The summed E-state index contributed by atoms with van der Waals surface area (Å²) < 4.78 is 68.2. The molecule has 19 heteroatoms. The number of aliphatic hydroxyl groups excluding tert-OH is 1. The molecule has 0 aromatic heterocycles. The quantitative estimate of drug-likeness (QED) is 0.0222. The van der Waals surface area contributed by atoms with E-state index in [9.17, 15) is 43.2 Å². The molecule has 0 aliphatic rings. The smallest absolute Gasteiger partial charge is 0.462 e. The van der Waals surface area contributed by atoms with Gasteiger partial charge >= 0.3 is 39.5 Å². The molecule has 0 aliphatic heterocycles. The molecule has 0 aliphatic carbocycles. The third-order valence-corrected chi connectivity index (χ3v) is 18.4. The van der Waals surface area contributed by atoms with E-state index in [0.717, 1.165) is 114 Å². The van der Waals surface area contributed by atoms with E-state index in [2.05, 4.69) is 48.5 Å². The van der Waals surface area contributed by atoms with Crippen LogP contribution >= 0.6 is 15.6 Å². The number of esters is 4. The van der Waals surface area contributed by atoms with Gasteiger partial charge in [-0.3, -0.25) is 37.3 Å². The maximum atomic E-state index is 13.0. The van der Waals surface area contributed by atoms with E-state index in [-0.39, 0.29) is 25.7 Å². The van der Waals surface area contributed by atoms with Crippen molar-refractivity contribution in [1.82, 2.24) is 0 Å². The number of unbranched alkanes of at least 4 members (excludes halogenated alkanes) is 35. The summed E-state index contributed by atoms with van der Waals surface area (Å²) in [5, 5.41) is 10.6. The fraction of sp³-hybridized carbons (Fsp3) is 0.943. The van der Waals surface area contributed by atoms with Crippen LogP contribution in [0.3, 0.4) is 0 Å². The van der Waals surface area contributed by atoms with Crippen molar-refractivity contribution in [3.8, 4) is 0 Å². The molecular formula is C70H136O17P2. The Morgan fingerprint density at radius 2 is 0.573 bits per heavy atom. The Morgan fingerprint density at radius 1 is 0.326 bits per heavy atom. The minimum absolute atomic E-state index is 0.104. The van der Waals surface area contributed by atoms with Crippen LogP contribution in [0, 0.1) is 17.8 Å². The third kappa shape index (κ3) is 63.2. The normalized spacial score (nSPS) is 14.5. The van der Waals surface area contributed by atoms with E-state index in [1.54, 1.807) is 0 Å². The van der Waals surface area contributed by atoms with E-state index in [0.29, 0.717) is 25.7 Å². The van der Waals surface area contributed by atoms with Crippen molar-refractivity contribution in [3.05, 3.63) is 0 Å². The lowest BCUT2D eigenvalue weighted by Crippen LogP contribution is -2.30. The monoisotopic (exact) mass is 1310 g/mol. The first-order chi connectivity index (χ1) is 42.8. The summed E-state index contributed by atoms with van der Waals surface area (Å²) >= 11 is 0. The van der Waals surface area contributed by atoms with Gasteiger partial charge in [0.1, 0.15) is 19.3 Å². The van der Waals surface area contributed by atoms with Crippen molar-refractivity contribution < 1.29 is 80.2 Å². The van der Waals surface area contributed by atoms with Gasteiger partial charge in [-0.15, -0.1) is 0 Å². The molecular weight excluding hydrogens is 1170 g/mol. The molecule has 89 heavy (non-hydrogen) atoms. The van der Waals surface area contributed by atoms with E-state index in [1.807, 2.05) is 0 Å². The molecule has 0 saturated heterocycles. The zero-order valence-electron chi connectivity index (χ0n) is 57.9. The minimum Gasteiger partial charge on any atom is -0.462 e. The van der Waals surface area contributed by atoms with Crippen LogP contribution in [-0.2, 0) is 65.4 Å². The maximum Gasteiger partial charge on any atom is 0.472 e. The summed E-state index contributed by atoms with van der Waals surface area (Å²) in [6, 6.07) is 0. The predicted octanol–water partition coefficient (Wildman–Crippen LogP) is 19.8. The Bertz CT molecular complexity index is 1750. The van der Waals surface area contributed by atoms with Gasteiger partial charge in [-0.2, -0.15) is 0 Å². The number of phosphoric acid groups is 2. The number of rotatable bonds is 68. The Kier molecular flexibility index (Phi) is 59.6. The van der Waals surface area contributed by atoms with Gasteiger partial charge in [0, 0.05) is 25.7 Å². The van der Waals surface area contributed by atoms with Crippen LogP contribution in [0.4, 0.5) is 0 Å². The molecule has 17 nitrogen and oxygen atoms in total. The van der Waals surface area contributed by atoms with Crippen molar-refractivity contribution in [2.24, 2.45) is 17.8 Å². The number of aliphatic hydroxyl groups is 1. The van der Waals surface area contributed by atoms with Crippen LogP contribution < -0.4 is 0 Å². The highest BCUT2D eigenvalue weighted by Gasteiger charge is 2.30. The van der Waals surface area contributed by atoms with E-state index >= 15 is 0 Å². The first-order valence-electron chi connectivity index (χ1n) is 36.4. The van der Waals surface area contributed by atoms with E-state index in [1.165, 1.54) is 154 Å². The summed E-state index contributed by atoms with van der Waals surface area (Å²) in [7, 11) is -9.90. The number of carbonyl (C=O) groups excluding carboxylic acids is 4. The van der Waals surface area contributed by atoms with Crippen LogP contribution in [-0.4, -0.2) is 96.7 Å². The van der Waals surface area contributed by atoms with E-state index in [4.69, 9.17) is 37.0 Å². The number of hydrogen-bond donors (Lipinski definition) is 3. The van der Waals surface area contributed by atoms with Gasteiger partial charge in [-0.1, -0.05) is 299 Å². The first-order valence-corrected chi connectivity index (χ1v) is 39.4. The Balaban J connectivity index is 5.23. The molecule has 6 atom stereocenters. The zero-order chi connectivity index (χ0) is 65.9. The summed E-state index contributed by atoms with van der Waals surface area (Å²) in [6.07, 6.45) is 44.4. The van der Waals surface area contributed by atoms with Crippen molar-refractivity contribution in [3.63, 3.8) is 0 Å². The molecule has 0 amide bonds. The fourth-order valence-electron chi connectivity index (χ4n) is 10.5. The van der Waals surface area contributed by atoms with Crippen molar-refractivity contribution in [1.29, 1.82) is 0 Å². The highest BCUT2D eigenvalue weighted by Crippen LogP contribution is 2.45. The van der Waals surface area contributed by atoms with Crippen molar-refractivity contribution >= 4 is 39.5 Å². The highest BCUT2D eigenvalue weighted by atomic mass is 31.2. The van der Waals surface area contributed by atoms with Crippen LogP contribution in [0.15, 0.2) is 0 Å². The van der Waals surface area contributed by atoms with Gasteiger partial charge in [-0.25, -0.2) is 9.13 Å². The molecule has 0 saturated carbocycles. The minimum atomic E-state index is -4.95. The number of ether oxygens (including phenoxy) is 4. The number of phosphoric ester groups is 2. The molecule has 0 fully saturated rings. The van der Waals surface area contributed by atoms with Crippen LogP contribution in [0.2, 0.25) is 0 Å². The summed E-state index contributed by atoms with van der Waals surface area (Å²) in [6.45, 7) is 11.8. The molecule has 3 unspecified atom stereocenters.